The molecule has 182 valence electrons. The number of carboxylic acids is 1. The Bertz CT molecular complexity index is 1250. The fourth-order valence-corrected chi connectivity index (χ4v) is 4.00. The van der Waals surface area contributed by atoms with Gasteiger partial charge in [0.15, 0.2) is 17.3 Å². The summed E-state index contributed by atoms with van der Waals surface area (Å²) in [7, 11) is 4.90. The molecule has 2 heterocycles. The van der Waals surface area contributed by atoms with Gasteiger partial charge in [-0.15, -0.1) is 0 Å². The standard InChI is InChI=1S/C25H27N5O5/c1-15-13-30(14-16-5-10-20(34-3)21(11-16)35-4)22-19(29(2)23(15)31)12-26-25(28-22)27-18-8-6-17(7-9-18)24(32)33/h5-12,15H,13-14H2,1-4H3,(H,32,33)(H,26,27,28). The summed E-state index contributed by atoms with van der Waals surface area (Å²) >= 11 is 0. The van der Waals surface area contributed by atoms with E-state index in [-0.39, 0.29) is 17.4 Å². The highest BCUT2D eigenvalue weighted by Crippen LogP contribution is 2.35. The molecule has 0 saturated heterocycles. The third kappa shape index (κ3) is 4.96. The van der Waals surface area contributed by atoms with Crippen molar-refractivity contribution in [2.24, 2.45) is 5.92 Å². The Balaban J connectivity index is 1.68. The Kier molecular flexibility index (Phi) is 6.72. The molecule has 2 aromatic carbocycles. The SMILES string of the molecule is COc1ccc(CN2CC(C)C(=O)N(C)c3cnc(Nc4ccc(C(=O)O)cc4)nc32)cc1OC. The van der Waals surface area contributed by atoms with Crippen LogP contribution in [0.3, 0.4) is 0 Å². The number of nitrogens with zero attached hydrogens (tertiary/aromatic N) is 4. The zero-order valence-electron chi connectivity index (χ0n) is 20.0. The van der Waals surface area contributed by atoms with Crippen molar-refractivity contribution in [1.29, 1.82) is 0 Å². The number of amides is 1. The smallest absolute Gasteiger partial charge is 0.335 e. The molecule has 1 aromatic heterocycles. The molecule has 3 aromatic rings. The van der Waals surface area contributed by atoms with Crippen molar-refractivity contribution < 1.29 is 24.2 Å². The number of benzene rings is 2. The average Bonchev–Trinajstić information content (AvgIpc) is 2.95. The first-order valence-corrected chi connectivity index (χ1v) is 11.0. The molecular weight excluding hydrogens is 450 g/mol. The average molecular weight is 478 g/mol. The number of anilines is 4. The molecular formula is C25H27N5O5. The number of fused-ring (bicyclic) bond motifs is 1. The summed E-state index contributed by atoms with van der Waals surface area (Å²) in [6.45, 7) is 2.85. The van der Waals surface area contributed by atoms with E-state index in [2.05, 4.69) is 10.3 Å². The largest absolute Gasteiger partial charge is 0.493 e. The maximum absolute atomic E-state index is 12.9. The van der Waals surface area contributed by atoms with Crippen molar-refractivity contribution in [3.8, 4) is 11.5 Å². The third-order valence-corrected chi connectivity index (χ3v) is 5.87. The number of carbonyl (C=O) groups excluding carboxylic acids is 1. The monoisotopic (exact) mass is 477 g/mol. The number of aromatic nitrogens is 2. The van der Waals surface area contributed by atoms with Crippen molar-refractivity contribution >= 4 is 35.0 Å². The van der Waals surface area contributed by atoms with Gasteiger partial charge >= 0.3 is 5.97 Å². The Morgan fingerprint density at radius 2 is 1.86 bits per heavy atom. The van der Waals surface area contributed by atoms with E-state index in [1.807, 2.05) is 30.0 Å². The highest BCUT2D eigenvalue weighted by atomic mass is 16.5. The van der Waals surface area contributed by atoms with Gasteiger partial charge in [-0.2, -0.15) is 4.98 Å². The predicted molar refractivity (Wildman–Crippen MR) is 132 cm³/mol. The van der Waals surface area contributed by atoms with Crippen LogP contribution in [0.2, 0.25) is 0 Å². The number of rotatable bonds is 7. The minimum Gasteiger partial charge on any atom is -0.493 e. The van der Waals surface area contributed by atoms with Crippen LogP contribution in [0.5, 0.6) is 11.5 Å². The normalized spacial score (nSPS) is 15.3. The maximum atomic E-state index is 12.9. The number of methoxy groups -OCH3 is 2. The summed E-state index contributed by atoms with van der Waals surface area (Å²) in [5.41, 5.74) is 2.41. The summed E-state index contributed by atoms with van der Waals surface area (Å²) in [4.78, 5) is 36.8. The molecule has 10 heteroatoms. The van der Waals surface area contributed by atoms with Crippen LogP contribution in [0.4, 0.5) is 23.1 Å². The molecule has 0 saturated carbocycles. The van der Waals surface area contributed by atoms with Gasteiger partial charge in [0.2, 0.25) is 11.9 Å². The molecule has 0 spiro atoms. The summed E-state index contributed by atoms with van der Waals surface area (Å²) in [5, 5.41) is 12.2. The molecule has 1 unspecified atom stereocenters. The van der Waals surface area contributed by atoms with E-state index >= 15 is 0 Å². The minimum atomic E-state index is -0.995. The molecule has 2 N–H and O–H groups in total. The first kappa shape index (κ1) is 23.8. The van der Waals surface area contributed by atoms with E-state index in [1.165, 1.54) is 12.1 Å². The zero-order chi connectivity index (χ0) is 25.1. The minimum absolute atomic E-state index is 0.0189. The molecule has 1 amide bonds. The molecule has 1 atom stereocenters. The summed E-state index contributed by atoms with van der Waals surface area (Å²) in [5.74, 6) is 0.934. The first-order chi connectivity index (χ1) is 16.8. The van der Waals surface area contributed by atoms with Crippen LogP contribution >= 0.6 is 0 Å². The Morgan fingerprint density at radius 3 is 2.51 bits per heavy atom. The highest BCUT2D eigenvalue weighted by molar-refractivity contribution is 5.98. The van der Waals surface area contributed by atoms with Gasteiger partial charge in [0.1, 0.15) is 5.69 Å². The number of hydrogen-bond acceptors (Lipinski definition) is 8. The summed E-state index contributed by atoms with van der Waals surface area (Å²) in [6, 6.07) is 12.0. The van der Waals surface area contributed by atoms with Gasteiger partial charge < -0.3 is 29.7 Å². The molecule has 0 aliphatic carbocycles. The molecule has 1 aliphatic heterocycles. The molecule has 0 bridgehead atoms. The molecule has 35 heavy (non-hydrogen) atoms. The van der Waals surface area contributed by atoms with Crippen LogP contribution in [0, 0.1) is 5.92 Å². The topological polar surface area (TPSA) is 117 Å². The van der Waals surface area contributed by atoms with Gasteiger partial charge in [-0.25, -0.2) is 9.78 Å². The number of carbonyl (C=O) groups is 2. The molecule has 0 fully saturated rings. The maximum Gasteiger partial charge on any atom is 0.335 e. The molecule has 1 aliphatic rings. The van der Waals surface area contributed by atoms with Crippen LogP contribution in [-0.2, 0) is 11.3 Å². The molecule has 4 rings (SSSR count). The fraction of sp³-hybridized carbons (Fsp3) is 0.280. The highest BCUT2D eigenvalue weighted by Gasteiger charge is 2.31. The lowest BCUT2D eigenvalue weighted by molar-refractivity contribution is -0.121. The van der Waals surface area contributed by atoms with Crippen molar-refractivity contribution in [3.05, 3.63) is 59.8 Å². The van der Waals surface area contributed by atoms with Crippen molar-refractivity contribution in [1.82, 2.24) is 9.97 Å². The van der Waals surface area contributed by atoms with E-state index in [9.17, 15) is 9.59 Å². The number of nitrogens with one attached hydrogen (secondary N) is 1. The summed E-state index contributed by atoms with van der Waals surface area (Å²) < 4.78 is 10.8. The van der Waals surface area contributed by atoms with E-state index in [4.69, 9.17) is 19.6 Å². The fourth-order valence-electron chi connectivity index (χ4n) is 4.00. The van der Waals surface area contributed by atoms with E-state index in [1.54, 1.807) is 44.5 Å². The van der Waals surface area contributed by atoms with Gasteiger partial charge in [0.25, 0.3) is 0 Å². The Morgan fingerprint density at radius 1 is 1.14 bits per heavy atom. The number of carboxylic acid groups (broad SMARTS) is 1. The van der Waals surface area contributed by atoms with Crippen LogP contribution in [-0.4, -0.2) is 54.8 Å². The van der Waals surface area contributed by atoms with E-state index < -0.39 is 5.97 Å². The number of hydrogen-bond donors (Lipinski definition) is 2. The Labute approximate surface area is 203 Å². The van der Waals surface area contributed by atoms with Gasteiger partial charge in [0.05, 0.1) is 31.9 Å². The van der Waals surface area contributed by atoms with Crippen molar-refractivity contribution in [2.75, 3.05) is 42.9 Å². The third-order valence-electron chi connectivity index (χ3n) is 5.87. The van der Waals surface area contributed by atoms with Crippen LogP contribution in [0.1, 0.15) is 22.8 Å². The van der Waals surface area contributed by atoms with Gasteiger partial charge in [-0.1, -0.05) is 13.0 Å². The Hall–Kier alpha value is -4.34. The second-order valence-electron chi connectivity index (χ2n) is 8.28. The van der Waals surface area contributed by atoms with Gasteiger partial charge in [-0.3, -0.25) is 4.79 Å². The second-order valence-corrected chi connectivity index (χ2v) is 8.28. The second kappa shape index (κ2) is 9.88. The van der Waals surface area contributed by atoms with Gasteiger partial charge in [0, 0.05) is 25.8 Å². The number of ether oxygens (including phenoxy) is 2. The predicted octanol–water partition coefficient (Wildman–Crippen LogP) is 3.55. The lowest BCUT2D eigenvalue weighted by atomic mass is 10.1. The quantitative estimate of drug-likeness (QED) is 0.527. The molecule has 0 radical (unpaired) electrons. The van der Waals surface area contributed by atoms with Crippen LogP contribution in [0.25, 0.3) is 0 Å². The first-order valence-electron chi connectivity index (χ1n) is 11.0. The number of aromatic carboxylic acids is 1. The molecule has 10 nitrogen and oxygen atoms in total. The lowest BCUT2D eigenvalue weighted by Crippen LogP contribution is -2.34. The van der Waals surface area contributed by atoms with Crippen LogP contribution in [0.15, 0.2) is 48.7 Å². The van der Waals surface area contributed by atoms with E-state index in [0.717, 1.165) is 5.56 Å². The van der Waals surface area contributed by atoms with Crippen molar-refractivity contribution in [3.63, 3.8) is 0 Å². The van der Waals surface area contributed by atoms with Crippen molar-refractivity contribution in [2.45, 2.75) is 13.5 Å². The van der Waals surface area contributed by atoms with E-state index in [0.29, 0.717) is 47.7 Å². The van der Waals surface area contributed by atoms with Gasteiger partial charge in [-0.05, 0) is 42.0 Å². The zero-order valence-corrected chi connectivity index (χ0v) is 20.0. The lowest BCUT2D eigenvalue weighted by Gasteiger charge is -2.25. The van der Waals surface area contributed by atoms with Crippen LogP contribution < -0.4 is 24.6 Å². The summed E-state index contributed by atoms with van der Waals surface area (Å²) in [6.07, 6.45) is 1.62.